The number of sulfonamides is 1. The fourth-order valence-corrected chi connectivity index (χ4v) is 5.15. The van der Waals surface area contributed by atoms with Gasteiger partial charge in [0.15, 0.2) is 0 Å². The number of ether oxygens (including phenoxy) is 1. The van der Waals surface area contributed by atoms with Gasteiger partial charge in [0.05, 0.1) is 18.6 Å². The number of nitrogens with one attached hydrogen (secondary N) is 1. The fourth-order valence-electron chi connectivity index (χ4n) is 4.19. The average Bonchev–Trinajstić information content (AvgIpc) is 2.81. The van der Waals surface area contributed by atoms with Crippen molar-refractivity contribution in [1.29, 1.82) is 0 Å². The molecule has 204 valence electrons. The molecule has 2 amide bonds. The maximum absolute atomic E-state index is 13.5. The van der Waals surface area contributed by atoms with E-state index in [-0.39, 0.29) is 30.8 Å². The summed E-state index contributed by atoms with van der Waals surface area (Å²) in [6.45, 7) is 10.5. The third-order valence-corrected chi connectivity index (χ3v) is 7.03. The number of rotatable bonds is 14. The van der Waals surface area contributed by atoms with Gasteiger partial charge in [-0.05, 0) is 70.4 Å². The first-order valence-electron chi connectivity index (χ1n) is 12.8. The maximum atomic E-state index is 13.5. The minimum atomic E-state index is -3.56. The molecule has 2 aromatic rings. The molecule has 2 rings (SSSR count). The molecule has 0 saturated carbocycles. The molecule has 0 fully saturated rings. The number of benzene rings is 2. The molecular formula is C28H41N3O5S. The van der Waals surface area contributed by atoms with Gasteiger partial charge in [0.2, 0.25) is 21.8 Å². The first-order chi connectivity index (χ1) is 17.5. The Balaban J connectivity index is 2.20. The molecule has 0 bridgehead atoms. The Morgan fingerprint density at radius 3 is 2.27 bits per heavy atom. The topological polar surface area (TPSA) is 96.0 Å². The Kier molecular flexibility index (Phi) is 11.4. The van der Waals surface area contributed by atoms with Crippen LogP contribution in [0.25, 0.3) is 0 Å². The molecule has 2 aromatic carbocycles. The van der Waals surface area contributed by atoms with Crippen LogP contribution < -0.4 is 14.4 Å². The van der Waals surface area contributed by atoms with Gasteiger partial charge in [-0.25, -0.2) is 8.42 Å². The standard InChI is InChI=1S/C28H41N3O5S/c1-7-26(28(33)29-21(3)4)30(20-23-12-9-11-22(5)19-23)27(32)13-10-18-31(37(6,34)35)24-14-16-25(17-15-24)36-8-2/h9,11-12,14-17,19,21,26H,7-8,10,13,18,20H2,1-6H3,(H,29,33). The second-order valence-electron chi connectivity index (χ2n) is 9.46. The molecule has 0 radical (unpaired) electrons. The molecule has 0 aliphatic carbocycles. The highest BCUT2D eigenvalue weighted by Crippen LogP contribution is 2.23. The number of hydrogen-bond acceptors (Lipinski definition) is 5. The van der Waals surface area contributed by atoms with Gasteiger partial charge >= 0.3 is 0 Å². The van der Waals surface area contributed by atoms with E-state index >= 15 is 0 Å². The maximum Gasteiger partial charge on any atom is 0.243 e. The zero-order valence-electron chi connectivity index (χ0n) is 22.9. The smallest absolute Gasteiger partial charge is 0.243 e. The molecule has 0 aromatic heterocycles. The minimum Gasteiger partial charge on any atom is -0.494 e. The summed E-state index contributed by atoms with van der Waals surface area (Å²) in [7, 11) is -3.56. The van der Waals surface area contributed by atoms with Crippen molar-refractivity contribution in [2.75, 3.05) is 23.7 Å². The molecule has 8 nitrogen and oxygen atoms in total. The van der Waals surface area contributed by atoms with Crippen LogP contribution in [-0.4, -0.2) is 56.6 Å². The van der Waals surface area contributed by atoms with E-state index in [1.165, 1.54) is 4.31 Å². The largest absolute Gasteiger partial charge is 0.494 e. The van der Waals surface area contributed by atoms with E-state index in [4.69, 9.17) is 4.74 Å². The van der Waals surface area contributed by atoms with Crippen molar-refractivity contribution in [3.63, 3.8) is 0 Å². The van der Waals surface area contributed by atoms with Gasteiger partial charge in [-0.2, -0.15) is 0 Å². The van der Waals surface area contributed by atoms with Crippen LogP contribution in [0, 0.1) is 6.92 Å². The van der Waals surface area contributed by atoms with Gasteiger partial charge in [0.25, 0.3) is 0 Å². The zero-order chi connectivity index (χ0) is 27.6. The van der Waals surface area contributed by atoms with Crippen molar-refractivity contribution < 1.29 is 22.7 Å². The number of carbonyl (C=O) groups is 2. The lowest BCUT2D eigenvalue weighted by Gasteiger charge is -2.31. The van der Waals surface area contributed by atoms with Crippen LogP contribution in [0.4, 0.5) is 5.69 Å². The lowest BCUT2D eigenvalue weighted by atomic mass is 10.1. The molecular weight excluding hydrogens is 490 g/mol. The number of aryl methyl sites for hydroxylation is 1. The predicted octanol–water partition coefficient (Wildman–Crippen LogP) is 4.27. The van der Waals surface area contributed by atoms with Crippen LogP contribution in [-0.2, 0) is 26.2 Å². The summed E-state index contributed by atoms with van der Waals surface area (Å²) in [5, 5.41) is 2.92. The highest BCUT2D eigenvalue weighted by atomic mass is 32.2. The zero-order valence-corrected chi connectivity index (χ0v) is 23.7. The predicted molar refractivity (Wildman–Crippen MR) is 148 cm³/mol. The highest BCUT2D eigenvalue weighted by molar-refractivity contribution is 7.92. The first-order valence-corrected chi connectivity index (χ1v) is 14.7. The number of amides is 2. The Morgan fingerprint density at radius 2 is 1.73 bits per heavy atom. The summed E-state index contributed by atoms with van der Waals surface area (Å²) >= 11 is 0. The van der Waals surface area contributed by atoms with E-state index in [2.05, 4.69) is 5.32 Å². The van der Waals surface area contributed by atoms with Crippen LogP contribution in [0.3, 0.4) is 0 Å². The van der Waals surface area contributed by atoms with Gasteiger partial charge in [-0.1, -0.05) is 36.8 Å². The number of carbonyl (C=O) groups excluding carboxylic acids is 2. The third kappa shape index (κ3) is 9.39. The van der Waals surface area contributed by atoms with Crippen LogP contribution in [0.5, 0.6) is 5.75 Å². The molecule has 0 aliphatic heterocycles. The number of anilines is 1. The van der Waals surface area contributed by atoms with E-state index in [1.54, 1.807) is 29.2 Å². The summed E-state index contributed by atoms with van der Waals surface area (Å²) in [4.78, 5) is 28.0. The summed E-state index contributed by atoms with van der Waals surface area (Å²) in [5.41, 5.74) is 2.53. The van der Waals surface area contributed by atoms with E-state index in [9.17, 15) is 18.0 Å². The van der Waals surface area contributed by atoms with Gasteiger partial charge in [-0.3, -0.25) is 13.9 Å². The molecule has 1 unspecified atom stereocenters. The van der Waals surface area contributed by atoms with Crippen molar-refractivity contribution in [1.82, 2.24) is 10.2 Å². The number of nitrogens with zero attached hydrogens (tertiary/aromatic N) is 2. The van der Waals surface area contributed by atoms with E-state index < -0.39 is 16.1 Å². The van der Waals surface area contributed by atoms with Crippen LogP contribution in [0.15, 0.2) is 48.5 Å². The highest BCUT2D eigenvalue weighted by Gasteiger charge is 2.29. The van der Waals surface area contributed by atoms with Gasteiger partial charge in [0.1, 0.15) is 11.8 Å². The Hall–Kier alpha value is -3.07. The second kappa shape index (κ2) is 14.0. The van der Waals surface area contributed by atoms with Crippen LogP contribution in [0.2, 0.25) is 0 Å². The summed E-state index contributed by atoms with van der Waals surface area (Å²) < 4.78 is 31.8. The molecule has 0 spiro atoms. The Morgan fingerprint density at radius 1 is 1.05 bits per heavy atom. The SMILES string of the molecule is CCOc1ccc(N(CCCC(=O)N(Cc2cccc(C)c2)C(CC)C(=O)NC(C)C)S(C)(=O)=O)cc1. The summed E-state index contributed by atoms with van der Waals surface area (Å²) in [6.07, 6.45) is 2.04. The van der Waals surface area contributed by atoms with Crippen molar-refractivity contribution in [3.8, 4) is 5.75 Å². The molecule has 1 atom stereocenters. The van der Waals surface area contributed by atoms with E-state index in [0.29, 0.717) is 37.4 Å². The van der Waals surface area contributed by atoms with Crippen molar-refractivity contribution in [2.45, 2.75) is 72.5 Å². The first kappa shape index (κ1) is 30.2. The van der Waals surface area contributed by atoms with Gasteiger partial charge < -0.3 is 15.0 Å². The molecule has 1 N–H and O–H groups in total. The van der Waals surface area contributed by atoms with Crippen LogP contribution in [0.1, 0.15) is 58.1 Å². The second-order valence-corrected chi connectivity index (χ2v) is 11.4. The quantitative estimate of drug-likeness (QED) is 0.393. The molecule has 0 heterocycles. The summed E-state index contributed by atoms with van der Waals surface area (Å²) in [6, 6.07) is 14.0. The molecule has 0 saturated heterocycles. The minimum absolute atomic E-state index is 0.0464. The average molecular weight is 532 g/mol. The third-order valence-electron chi connectivity index (χ3n) is 5.84. The van der Waals surface area contributed by atoms with Gasteiger partial charge in [-0.15, -0.1) is 0 Å². The lowest BCUT2D eigenvalue weighted by Crippen LogP contribution is -2.50. The molecule has 9 heteroatoms. The monoisotopic (exact) mass is 531 g/mol. The van der Waals surface area contributed by atoms with Gasteiger partial charge in [0, 0.05) is 25.6 Å². The normalized spacial score (nSPS) is 12.2. The van der Waals surface area contributed by atoms with Crippen LogP contribution >= 0.6 is 0 Å². The van der Waals surface area contributed by atoms with Crippen molar-refractivity contribution >= 4 is 27.5 Å². The lowest BCUT2D eigenvalue weighted by molar-refractivity contribution is -0.141. The molecule has 0 aliphatic rings. The van der Waals surface area contributed by atoms with Crippen molar-refractivity contribution in [3.05, 3.63) is 59.7 Å². The Bertz CT molecular complexity index is 1130. The summed E-state index contributed by atoms with van der Waals surface area (Å²) in [5.74, 6) is 0.282. The fraction of sp³-hybridized carbons (Fsp3) is 0.500. The Labute approximate surface area is 222 Å². The number of hydrogen-bond donors (Lipinski definition) is 1. The van der Waals surface area contributed by atoms with E-state index in [1.807, 2.05) is 58.9 Å². The van der Waals surface area contributed by atoms with E-state index in [0.717, 1.165) is 17.4 Å². The van der Waals surface area contributed by atoms with Crippen molar-refractivity contribution in [2.24, 2.45) is 0 Å². The molecule has 37 heavy (non-hydrogen) atoms.